The lowest BCUT2D eigenvalue weighted by molar-refractivity contribution is -0.141. The maximum absolute atomic E-state index is 13.5. The van der Waals surface area contributed by atoms with Gasteiger partial charge in [-0.1, -0.05) is 30.3 Å². The molecule has 33 heavy (non-hydrogen) atoms. The molecule has 2 atom stereocenters. The van der Waals surface area contributed by atoms with Crippen LogP contribution in [0, 0.1) is 5.92 Å². The van der Waals surface area contributed by atoms with Gasteiger partial charge in [-0.3, -0.25) is 14.2 Å². The molecule has 2 aliphatic rings. The summed E-state index contributed by atoms with van der Waals surface area (Å²) < 4.78 is 3.31. The molecule has 8 nitrogen and oxygen atoms in total. The van der Waals surface area contributed by atoms with Crippen LogP contribution >= 0.6 is 0 Å². The fourth-order valence-corrected chi connectivity index (χ4v) is 5.35. The Bertz CT molecular complexity index is 1190. The van der Waals surface area contributed by atoms with Crippen molar-refractivity contribution in [1.82, 2.24) is 24.3 Å². The lowest BCUT2D eigenvalue weighted by Gasteiger charge is -2.41. The summed E-state index contributed by atoms with van der Waals surface area (Å²) in [4.78, 5) is 32.6. The van der Waals surface area contributed by atoms with Crippen molar-refractivity contribution < 1.29 is 9.90 Å². The third-order valence-electron chi connectivity index (χ3n) is 7.35. The molecule has 174 valence electrons. The van der Waals surface area contributed by atoms with Crippen LogP contribution < -0.4 is 10.9 Å². The quantitative estimate of drug-likeness (QED) is 0.630. The summed E-state index contributed by atoms with van der Waals surface area (Å²) in [5.74, 6) is 0.291. The van der Waals surface area contributed by atoms with Crippen molar-refractivity contribution in [2.75, 3.05) is 26.2 Å². The Morgan fingerprint density at radius 2 is 1.97 bits per heavy atom. The van der Waals surface area contributed by atoms with Crippen molar-refractivity contribution in [2.24, 2.45) is 13.0 Å². The van der Waals surface area contributed by atoms with Gasteiger partial charge in [0.2, 0.25) is 5.91 Å². The first kappa shape index (κ1) is 21.9. The van der Waals surface area contributed by atoms with Gasteiger partial charge in [-0.15, -0.1) is 0 Å². The SMILES string of the molecule is Cn1ccc2c(=O)n(CC3(O)CCN(C(=O)[C@H]4CCNC[C@@H]4c4ccccc4)CC3)cnc21. The first-order valence-corrected chi connectivity index (χ1v) is 11.7. The predicted octanol–water partition coefficient (Wildman–Crippen LogP) is 1.48. The zero-order chi connectivity index (χ0) is 23.0. The molecule has 2 N–H and O–H groups in total. The number of fused-ring (bicyclic) bond motifs is 1. The first-order valence-electron chi connectivity index (χ1n) is 11.7. The van der Waals surface area contributed by atoms with E-state index in [0.717, 1.165) is 19.5 Å². The van der Waals surface area contributed by atoms with Gasteiger partial charge in [0.15, 0.2) is 0 Å². The number of piperidine rings is 2. The van der Waals surface area contributed by atoms with E-state index in [2.05, 4.69) is 22.4 Å². The highest BCUT2D eigenvalue weighted by Gasteiger charge is 2.39. The number of aliphatic hydroxyl groups is 1. The maximum Gasteiger partial charge on any atom is 0.262 e. The molecular weight excluding hydrogens is 418 g/mol. The maximum atomic E-state index is 13.5. The van der Waals surface area contributed by atoms with E-state index < -0.39 is 5.60 Å². The van der Waals surface area contributed by atoms with Gasteiger partial charge in [0, 0.05) is 44.7 Å². The minimum atomic E-state index is -1.03. The molecule has 0 aliphatic carbocycles. The lowest BCUT2D eigenvalue weighted by atomic mass is 9.80. The summed E-state index contributed by atoms with van der Waals surface area (Å²) in [7, 11) is 1.85. The smallest absolute Gasteiger partial charge is 0.262 e. The van der Waals surface area contributed by atoms with E-state index >= 15 is 0 Å². The molecule has 5 rings (SSSR count). The highest BCUT2D eigenvalue weighted by atomic mass is 16.3. The Labute approximate surface area is 192 Å². The largest absolute Gasteiger partial charge is 0.388 e. The van der Waals surface area contributed by atoms with Crippen LogP contribution in [0.1, 0.15) is 30.7 Å². The molecule has 2 fully saturated rings. The Kier molecular flexibility index (Phi) is 5.80. The minimum Gasteiger partial charge on any atom is -0.388 e. The van der Waals surface area contributed by atoms with Crippen LogP contribution in [-0.4, -0.2) is 61.8 Å². The van der Waals surface area contributed by atoms with Crippen molar-refractivity contribution in [3.8, 4) is 0 Å². The second kappa shape index (κ2) is 8.76. The zero-order valence-electron chi connectivity index (χ0n) is 19.0. The van der Waals surface area contributed by atoms with E-state index in [1.54, 1.807) is 6.07 Å². The molecule has 1 amide bonds. The first-order chi connectivity index (χ1) is 16.0. The highest BCUT2D eigenvalue weighted by molar-refractivity contribution is 5.80. The molecule has 8 heteroatoms. The van der Waals surface area contributed by atoms with Crippen LogP contribution in [0.4, 0.5) is 0 Å². The van der Waals surface area contributed by atoms with Gasteiger partial charge in [-0.25, -0.2) is 4.98 Å². The van der Waals surface area contributed by atoms with E-state index in [1.807, 2.05) is 40.9 Å². The molecule has 3 aromatic rings. The molecule has 2 aliphatic heterocycles. The monoisotopic (exact) mass is 449 g/mol. The van der Waals surface area contributed by atoms with Crippen LogP contribution in [0.5, 0.6) is 0 Å². The second-order valence-corrected chi connectivity index (χ2v) is 9.51. The topological polar surface area (TPSA) is 92.4 Å². The third kappa shape index (κ3) is 4.20. The van der Waals surface area contributed by atoms with Crippen molar-refractivity contribution in [1.29, 1.82) is 0 Å². The summed E-state index contributed by atoms with van der Waals surface area (Å²) in [6.07, 6.45) is 5.03. The number of benzene rings is 1. The number of hydrogen-bond donors (Lipinski definition) is 2. The van der Waals surface area contributed by atoms with Gasteiger partial charge in [0.05, 0.1) is 17.5 Å². The number of rotatable bonds is 4. The summed E-state index contributed by atoms with van der Waals surface area (Å²) in [5, 5.41) is 15.2. The molecule has 2 saturated heterocycles. The fraction of sp³-hybridized carbons (Fsp3) is 0.480. The Hall–Kier alpha value is -2.97. The number of aromatic nitrogens is 3. The molecule has 0 bridgehead atoms. The molecular formula is C25H31N5O3. The molecule has 0 saturated carbocycles. The Balaban J connectivity index is 1.27. The predicted molar refractivity (Wildman–Crippen MR) is 126 cm³/mol. The number of amides is 1. The van der Waals surface area contributed by atoms with Crippen LogP contribution in [0.3, 0.4) is 0 Å². The Morgan fingerprint density at radius 3 is 2.73 bits per heavy atom. The van der Waals surface area contributed by atoms with Crippen molar-refractivity contribution in [3.63, 3.8) is 0 Å². The number of hydrogen-bond acceptors (Lipinski definition) is 5. The summed E-state index contributed by atoms with van der Waals surface area (Å²) >= 11 is 0. The Morgan fingerprint density at radius 1 is 1.21 bits per heavy atom. The van der Waals surface area contributed by atoms with Crippen molar-refractivity contribution >= 4 is 16.9 Å². The van der Waals surface area contributed by atoms with E-state index in [4.69, 9.17) is 0 Å². The third-order valence-corrected chi connectivity index (χ3v) is 7.35. The number of nitrogens with one attached hydrogen (secondary N) is 1. The van der Waals surface area contributed by atoms with Gasteiger partial charge >= 0.3 is 0 Å². The minimum absolute atomic E-state index is 0.0489. The van der Waals surface area contributed by atoms with Crippen molar-refractivity contribution in [3.05, 3.63) is 64.8 Å². The number of carbonyl (C=O) groups excluding carboxylic acids is 1. The molecule has 0 spiro atoms. The van der Waals surface area contributed by atoms with Crippen LogP contribution in [0.15, 0.2) is 53.7 Å². The van der Waals surface area contributed by atoms with Gasteiger partial charge in [-0.2, -0.15) is 0 Å². The van der Waals surface area contributed by atoms with E-state index in [9.17, 15) is 14.7 Å². The highest BCUT2D eigenvalue weighted by Crippen LogP contribution is 2.33. The van der Waals surface area contributed by atoms with Crippen LogP contribution in [-0.2, 0) is 18.4 Å². The van der Waals surface area contributed by atoms with Gasteiger partial charge < -0.3 is 19.9 Å². The van der Waals surface area contributed by atoms with Crippen LogP contribution in [0.2, 0.25) is 0 Å². The zero-order valence-corrected chi connectivity index (χ0v) is 19.0. The molecule has 1 aromatic carbocycles. The summed E-state index contributed by atoms with van der Waals surface area (Å²) in [6, 6.07) is 12.0. The number of likely N-dealkylation sites (tertiary alicyclic amines) is 1. The normalized spacial score (nSPS) is 23.0. The van der Waals surface area contributed by atoms with Gasteiger partial charge in [0.1, 0.15) is 12.0 Å². The van der Waals surface area contributed by atoms with Crippen molar-refractivity contribution in [2.45, 2.75) is 37.3 Å². The average Bonchev–Trinajstić information content (AvgIpc) is 3.23. The molecule has 4 heterocycles. The number of carbonyl (C=O) groups is 1. The summed E-state index contributed by atoms with van der Waals surface area (Å²) in [6.45, 7) is 2.82. The van der Waals surface area contributed by atoms with E-state index in [1.165, 1.54) is 16.5 Å². The standard InChI is InChI=1S/C25H31N5O3/c1-28-12-8-20-22(28)27-17-30(24(20)32)16-25(33)9-13-29(14-10-25)23(31)19-7-11-26-15-21(19)18-5-3-2-4-6-18/h2-6,8,12,17,19,21,26,33H,7,9-11,13-16H2,1H3/t19-,21+/m0/s1. The van der Waals surface area contributed by atoms with Crippen LogP contribution in [0.25, 0.3) is 11.0 Å². The molecule has 0 unspecified atom stereocenters. The van der Waals surface area contributed by atoms with Gasteiger partial charge in [-0.05, 0) is 37.4 Å². The molecule has 0 radical (unpaired) electrons. The van der Waals surface area contributed by atoms with E-state index in [0.29, 0.717) is 37.0 Å². The van der Waals surface area contributed by atoms with E-state index in [-0.39, 0.29) is 29.8 Å². The fourth-order valence-electron chi connectivity index (χ4n) is 5.35. The van der Waals surface area contributed by atoms with Gasteiger partial charge in [0.25, 0.3) is 5.56 Å². The lowest BCUT2D eigenvalue weighted by Crippen LogP contribution is -2.52. The number of aryl methyl sites for hydroxylation is 1. The average molecular weight is 450 g/mol. The summed E-state index contributed by atoms with van der Waals surface area (Å²) in [5.41, 5.74) is 0.656. The second-order valence-electron chi connectivity index (χ2n) is 9.51. The number of nitrogens with zero attached hydrogens (tertiary/aromatic N) is 4. The molecule has 2 aromatic heterocycles.